The van der Waals surface area contributed by atoms with Crippen molar-refractivity contribution >= 4 is 5.97 Å². The molecule has 0 aliphatic carbocycles. The second kappa shape index (κ2) is 7.66. The van der Waals surface area contributed by atoms with Crippen LogP contribution in [0, 0.1) is 0 Å². The number of aryl methyl sites for hydroxylation is 1. The molecule has 1 rings (SSSR count). The summed E-state index contributed by atoms with van der Waals surface area (Å²) in [4.78, 5) is 10.9. The molecule has 0 N–H and O–H groups in total. The summed E-state index contributed by atoms with van der Waals surface area (Å²) in [7, 11) is 0. The van der Waals surface area contributed by atoms with E-state index < -0.39 is 0 Å². The van der Waals surface area contributed by atoms with Gasteiger partial charge in [-0.1, -0.05) is 30.7 Å². The largest absolute Gasteiger partial charge is 0.426 e. The highest BCUT2D eigenvalue weighted by atomic mass is 16.5. The monoisotopic (exact) mass is 232 g/mol. The minimum Gasteiger partial charge on any atom is -0.426 e. The van der Waals surface area contributed by atoms with Gasteiger partial charge in [-0.2, -0.15) is 0 Å². The van der Waals surface area contributed by atoms with E-state index >= 15 is 0 Å². The van der Waals surface area contributed by atoms with E-state index in [1.807, 2.05) is 30.3 Å². The Morgan fingerprint density at radius 1 is 1.29 bits per heavy atom. The second-order valence-corrected chi connectivity index (χ2v) is 4.09. The fourth-order valence-electron chi connectivity index (χ4n) is 1.75. The molecule has 0 unspecified atom stereocenters. The van der Waals surface area contributed by atoms with Crippen molar-refractivity contribution in [2.75, 3.05) is 0 Å². The van der Waals surface area contributed by atoms with E-state index in [0.717, 1.165) is 24.8 Å². The minimum atomic E-state index is -0.260. The van der Waals surface area contributed by atoms with Crippen LogP contribution in [0.3, 0.4) is 0 Å². The number of benzene rings is 1. The maximum Gasteiger partial charge on any atom is 0.308 e. The highest BCUT2D eigenvalue weighted by molar-refractivity contribution is 5.69. The highest BCUT2D eigenvalue weighted by Gasteiger charge is 2.04. The van der Waals surface area contributed by atoms with Crippen LogP contribution in [0.4, 0.5) is 0 Å². The smallest absolute Gasteiger partial charge is 0.308 e. The molecule has 0 heterocycles. The van der Waals surface area contributed by atoms with Gasteiger partial charge in [0.2, 0.25) is 0 Å². The van der Waals surface area contributed by atoms with E-state index in [1.165, 1.54) is 19.8 Å². The minimum absolute atomic E-state index is 0.260. The Morgan fingerprint density at radius 2 is 2.06 bits per heavy atom. The Kier molecular flexibility index (Phi) is 6.08. The molecule has 1 aromatic carbocycles. The van der Waals surface area contributed by atoms with E-state index in [9.17, 15) is 4.79 Å². The Balaban J connectivity index is 2.46. The summed E-state index contributed by atoms with van der Waals surface area (Å²) in [5, 5.41) is 0. The first kappa shape index (κ1) is 13.5. The van der Waals surface area contributed by atoms with Gasteiger partial charge < -0.3 is 4.74 Å². The molecule has 0 saturated carbocycles. The van der Waals surface area contributed by atoms with Gasteiger partial charge in [0.15, 0.2) is 0 Å². The quantitative estimate of drug-likeness (QED) is 0.308. The van der Waals surface area contributed by atoms with Gasteiger partial charge in [0.1, 0.15) is 5.75 Å². The number of para-hydroxylation sites is 1. The van der Waals surface area contributed by atoms with Crippen molar-refractivity contribution in [3.8, 4) is 5.75 Å². The zero-order chi connectivity index (χ0) is 12.5. The number of rotatable bonds is 7. The number of carbonyl (C=O) groups is 1. The van der Waals surface area contributed by atoms with Gasteiger partial charge in [0.05, 0.1) is 0 Å². The normalized spacial score (nSPS) is 9.94. The van der Waals surface area contributed by atoms with Crippen LogP contribution >= 0.6 is 0 Å². The fourth-order valence-corrected chi connectivity index (χ4v) is 1.75. The summed E-state index contributed by atoms with van der Waals surface area (Å²) < 4.78 is 5.17. The molecule has 0 amide bonds. The van der Waals surface area contributed by atoms with Crippen LogP contribution in [-0.2, 0) is 11.2 Å². The Hall–Kier alpha value is -1.57. The molecule has 2 nitrogen and oxygen atoms in total. The summed E-state index contributed by atoms with van der Waals surface area (Å²) in [6.45, 7) is 5.14. The predicted octanol–water partition coefficient (Wildman–Crippen LogP) is 3.90. The van der Waals surface area contributed by atoms with E-state index in [-0.39, 0.29) is 5.97 Å². The average Bonchev–Trinajstić information content (AvgIpc) is 2.30. The molecule has 2 heteroatoms. The second-order valence-electron chi connectivity index (χ2n) is 4.09. The van der Waals surface area contributed by atoms with Crippen molar-refractivity contribution < 1.29 is 9.53 Å². The van der Waals surface area contributed by atoms with Crippen LogP contribution in [-0.4, -0.2) is 5.97 Å². The Bertz CT molecular complexity index is 369. The molecule has 17 heavy (non-hydrogen) atoms. The van der Waals surface area contributed by atoms with Gasteiger partial charge in [-0.25, -0.2) is 0 Å². The van der Waals surface area contributed by atoms with E-state index in [4.69, 9.17) is 4.74 Å². The maximum atomic E-state index is 10.9. The van der Waals surface area contributed by atoms with Gasteiger partial charge in [0, 0.05) is 6.92 Å². The third kappa shape index (κ3) is 5.34. The molecule has 0 aliphatic heterocycles. The topological polar surface area (TPSA) is 26.3 Å². The van der Waals surface area contributed by atoms with Gasteiger partial charge in [0.25, 0.3) is 0 Å². The summed E-state index contributed by atoms with van der Waals surface area (Å²) in [5.74, 6) is 0.438. The summed E-state index contributed by atoms with van der Waals surface area (Å²) >= 11 is 0. The highest BCUT2D eigenvalue weighted by Crippen LogP contribution is 2.20. The zero-order valence-corrected chi connectivity index (χ0v) is 10.4. The van der Waals surface area contributed by atoms with Gasteiger partial charge in [-0.05, 0) is 37.3 Å². The molecule has 0 aliphatic rings. The molecule has 92 valence electrons. The van der Waals surface area contributed by atoms with Gasteiger partial charge in [-0.3, -0.25) is 4.79 Å². The lowest BCUT2D eigenvalue weighted by molar-refractivity contribution is -0.131. The van der Waals surface area contributed by atoms with Crippen molar-refractivity contribution in [1.82, 2.24) is 0 Å². The Morgan fingerprint density at radius 3 is 2.76 bits per heavy atom. The first-order valence-corrected chi connectivity index (χ1v) is 6.11. The van der Waals surface area contributed by atoms with Crippen molar-refractivity contribution in [3.05, 3.63) is 42.5 Å². The van der Waals surface area contributed by atoms with Crippen molar-refractivity contribution in [1.29, 1.82) is 0 Å². The van der Waals surface area contributed by atoms with E-state index in [1.54, 1.807) is 0 Å². The molecule has 0 radical (unpaired) electrons. The third-order valence-electron chi connectivity index (χ3n) is 2.58. The number of allylic oxidation sites excluding steroid dienone is 1. The predicted molar refractivity (Wildman–Crippen MR) is 70.1 cm³/mol. The lowest BCUT2D eigenvalue weighted by Gasteiger charge is -2.08. The van der Waals surface area contributed by atoms with Gasteiger partial charge in [-0.15, -0.1) is 6.58 Å². The molecule has 0 spiro atoms. The van der Waals surface area contributed by atoms with Crippen molar-refractivity contribution in [3.63, 3.8) is 0 Å². The zero-order valence-electron chi connectivity index (χ0n) is 10.4. The fraction of sp³-hybridized carbons (Fsp3) is 0.400. The van der Waals surface area contributed by atoms with Crippen LogP contribution in [0.2, 0.25) is 0 Å². The number of ether oxygens (including phenoxy) is 1. The molecule has 0 bridgehead atoms. The molecule has 0 saturated heterocycles. The van der Waals surface area contributed by atoms with Crippen LogP contribution in [0.1, 0.15) is 38.2 Å². The van der Waals surface area contributed by atoms with Crippen molar-refractivity contribution in [2.24, 2.45) is 0 Å². The molecular formula is C15H20O2. The standard InChI is InChI=1S/C15H20O2/c1-3-4-5-6-7-10-14-11-8-9-12-15(14)17-13(2)16/h3,8-9,11-12H,1,4-7,10H2,2H3. The first-order chi connectivity index (χ1) is 8.24. The summed E-state index contributed by atoms with van der Waals surface area (Å²) in [6.07, 6.45) is 7.46. The molecule has 0 fully saturated rings. The molecule has 1 aromatic rings. The lowest BCUT2D eigenvalue weighted by Crippen LogP contribution is -2.03. The van der Waals surface area contributed by atoms with Crippen LogP contribution in [0.15, 0.2) is 36.9 Å². The first-order valence-electron chi connectivity index (χ1n) is 6.11. The van der Waals surface area contributed by atoms with E-state index in [0.29, 0.717) is 5.75 Å². The number of unbranched alkanes of at least 4 members (excludes halogenated alkanes) is 3. The lowest BCUT2D eigenvalue weighted by atomic mass is 10.1. The van der Waals surface area contributed by atoms with Crippen LogP contribution in [0.5, 0.6) is 5.75 Å². The number of hydrogen-bond donors (Lipinski definition) is 0. The van der Waals surface area contributed by atoms with Crippen molar-refractivity contribution in [2.45, 2.75) is 39.0 Å². The summed E-state index contributed by atoms with van der Waals surface area (Å²) in [5.41, 5.74) is 1.11. The van der Waals surface area contributed by atoms with Crippen LogP contribution < -0.4 is 4.74 Å². The SMILES string of the molecule is C=CCCCCCc1ccccc1OC(C)=O. The molecular weight excluding hydrogens is 212 g/mol. The third-order valence-corrected chi connectivity index (χ3v) is 2.58. The maximum absolute atomic E-state index is 10.9. The van der Waals surface area contributed by atoms with Gasteiger partial charge >= 0.3 is 5.97 Å². The number of esters is 1. The summed E-state index contributed by atoms with van der Waals surface area (Å²) in [6, 6.07) is 7.73. The van der Waals surface area contributed by atoms with E-state index in [2.05, 4.69) is 6.58 Å². The molecule has 0 aromatic heterocycles. The number of hydrogen-bond acceptors (Lipinski definition) is 2. The average molecular weight is 232 g/mol. The number of carbonyl (C=O) groups excluding carboxylic acids is 1. The Labute approximate surface area is 103 Å². The molecule has 0 atom stereocenters. The van der Waals surface area contributed by atoms with Crippen LogP contribution in [0.25, 0.3) is 0 Å².